The summed E-state index contributed by atoms with van der Waals surface area (Å²) in [5.41, 5.74) is -0.979. The summed E-state index contributed by atoms with van der Waals surface area (Å²) in [5, 5.41) is 2.37. The maximum absolute atomic E-state index is 12.6. The molecule has 0 atom stereocenters. The van der Waals surface area contributed by atoms with Gasteiger partial charge in [-0.15, -0.1) is 0 Å². The molecule has 1 heterocycles. The molecule has 0 saturated heterocycles. The summed E-state index contributed by atoms with van der Waals surface area (Å²) < 4.78 is 37.9. The van der Waals surface area contributed by atoms with Crippen LogP contribution >= 0.6 is 23.2 Å². The Bertz CT molecular complexity index is 689. The van der Waals surface area contributed by atoms with Gasteiger partial charge in [-0.2, -0.15) is 13.2 Å². The molecule has 21 heavy (non-hydrogen) atoms. The fraction of sp³-hybridized carbons (Fsp3) is 0.0769. The first kappa shape index (κ1) is 15.6. The van der Waals surface area contributed by atoms with Gasteiger partial charge in [-0.1, -0.05) is 23.2 Å². The van der Waals surface area contributed by atoms with Crippen molar-refractivity contribution >= 4 is 34.8 Å². The highest BCUT2D eigenvalue weighted by Gasteiger charge is 2.31. The van der Waals surface area contributed by atoms with Crippen LogP contribution < -0.4 is 5.32 Å². The SMILES string of the molecule is O=C(Nc1cc(C(F)(F)F)ccc1Cl)c1ccncc1Cl. The minimum atomic E-state index is -4.53. The second-order valence-corrected chi connectivity index (χ2v) is 4.82. The Morgan fingerprint density at radius 3 is 2.48 bits per heavy atom. The van der Waals surface area contributed by atoms with Gasteiger partial charge >= 0.3 is 6.18 Å². The van der Waals surface area contributed by atoms with Crippen LogP contribution in [0.5, 0.6) is 0 Å². The molecule has 1 N–H and O–H groups in total. The van der Waals surface area contributed by atoms with E-state index < -0.39 is 17.6 Å². The molecule has 0 spiro atoms. The molecule has 0 aliphatic carbocycles. The van der Waals surface area contributed by atoms with E-state index in [-0.39, 0.29) is 21.3 Å². The van der Waals surface area contributed by atoms with Crippen LogP contribution in [-0.4, -0.2) is 10.9 Å². The topological polar surface area (TPSA) is 42.0 Å². The molecule has 8 heteroatoms. The number of aromatic nitrogens is 1. The van der Waals surface area contributed by atoms with Gasteiger partial charge in [-0.25, -0.2) is 0 Å². The largest absolute Gasteiger partial charge is 0.416 e. The van der Waals surface area contributed by atoms with Crippen LogP contribution in [0.3, 0.4) is 0 Å². The zero-order valence-corrected chi connectivity index (χ0v) is 11.7. The van der Waals surface area contributed by atoms with E-state index >= 15 is 0 Å². The number of nitrogens with zero attached hydrogens (tertiary/aromatic N) is 1. The Labute approximate surface area is 127 Å². The maximum atomic E-state index is 12.6. The molecular weight excluding hydrogens is 328 g/mol. The third-order valence-corrected chi connectivity index (χ3v) is 3.19. The van der Waals surface area contributed by atoms with Gasteiger partial charge in [0.25, 0.3) is 5.91 Å². The average Bonchev–Trinajstić information content (AvgIpc) is 2.40. The van der Waals surface area contributed by atoms with E-state index in [1.54, 1.807) is 0 Å². The number of benzene rings is 1. The number of alkyl halides is 3. The third kappa shape index (κ3) is 3.65. The maximum Gasteiger partial charge on any atom is 0.416 e. The molecule has 110 valence electrons. The van der Waals surface area contributed by atoms with Crippen molar-refractivity contribution < 1.29 is 18.0 Å². The van der Waals surface area contributed by atoms with Crippen LogP contribution in [0, 0.1) is 0 Å². The van der Waals surface area contributed by atoms with Crippen LogP contribution in [0.1, 0.15) is 15.9 Å². The fourth-order valence-electron chi connectivity index (χ4n) is 1.55. The van der Waals surface area contributed by atoms with E-state index in [0.29, 0.717) is 0 Å². The lowest BCUT2D eigenvalue weighted by atomic mass is 10.2. The summed E-state index contributed by atoms with van der Waals surface area (Å²) in [6.07, 6.45) is -1.93. The number of carbonyl (C=O) groups is 1. The molecule has 2 rings (SSSR count). The van der Waals surface area contributed by atoms with Crippen molar-refractivity contribution in [2.45, 2.75) is 6.18 Å². The highest BCUT2D eigenvalue weighted by atomic mass is 35.5. The molecule has 0 unspecified atom stereocenters. The lowest BCUT2D eigenvalue weighted by Gasteiger charge is -2.12. The van der Waals surface area contributed by atoms with Crippen LogP contribution in [-0.2, 0) is 6.18 Å². The van der Waals surface area contributed by atoms with E-state index in [1.165, 1.54) is 18.5 Å². The number of carbonyl (C=O) groups excluding carboxylic acids is 1. The quantitative estimate of drug-likeness (QED) is 0.867. The normalized spacial score (nSPS) is 11.3. The number of nitrogens with one attached hydrogen (secondary N) is 1. The molecule has 0 bridgehead atoms. The predicted molar refractivity (Wildman–Crippen MR) is 73.7 cm³/mol. The molecule has 1 amide bonds. The Hall–Kier alpha value is -1.79. The van der Waals surface area contributed by atoms with Crippen molar-refractivity contribution in [2.24, 2.45) is 0 Å². The zero-order chi connectivity index (χ0) is 15.6. The Morgan fingerprint density at radius 2 is 1.86 bits per heavy atom. The highest BCUT2D eigenvalue weighted by Crippen LogP contribution is 2.34. The first-order chi connectivity index (χ1) is 9.79. The number of amides is 1. The molecule has 0 fully saturated rings. The van der Waals surface area contributed by atoms with Gasteiger partial charge in [0.1, 0.15) is 0 Å². The predicted octanol–water partition coefficient (Wildman–Crippen LogP) is 4.66. The van der Waals surface area contributed by atoms with Crippen LogP contribution in [0.2, 0.25) is 10.0 Å². The highest BCUT2D eigenvalue weighted by molar-refractivity contribution is 6.35. The number of pyridine rings is 1. The molecule has 0 aliphatic rings. The van der Waals surface area contributed by atoms with Crippen molar-refractivity contribution in [3.63, 3.8) is 0 Å². The summed E-state index contributed by atoms with van der Waals surface area (Å²) >= 11 is 11.6. The summed E-state index contributed by atoms with van der Waals surface area (Å²) in [5.74, 6) is -0.677. The average molecular weight is 335 g/mol. The van der Waals surface area contributed by atoms with Crippen molar-refractivity contribution in [1.29, 1.82) is 0 Å². The van der Waals surface area contributed by atoms with Gasteiger partial charge in [-0.05, 0) is 24.3 Å². The molecule has 2 aromatic rings. The number of anilines is 1. The first-order valence-electron chi connectivity index (χ1n) is 5.56. The number of hydrogen-bond acceptors (Lipinski definition) is 2. The Balaban J connectivity index is 2.31. The van der Waals surface area contributed by atoms with Gasteiger partial charge < -0.3 is 5.32 Å². The summed E-state index contributed by atoms with van der Waals surface area (Å²) in [7, 11) is 0. The van der Waals surface area contributed by atoms with E-state index in [9.17, 15) is 18.0 Å². The van der Waals surface area contributed by atoms with Gasteiger partial charge in [0.05, 0.1) is 26.9 Å². The third-order valence-electron chi connectivity index (χ3n) is 2.56. The summed E-state index contributed by atoms with van der Waals surface area (Å²) in [6, 6.07) is 4.00. The Morgan fingerprint density at radius 1 is 1.14 bits per heavy atom. The smallest absolute Gasteiger partial charge is 0.321 e. The molecule has 0 aliphatic heterocycles. The van der Waals surface area contributed by atoms with E-state index in [0.717, 1.165) is 18.2 Å². The van der Waals surface area contributed by atoms with E-state index in [1.807, 2.05) is 0 Å². The lowest BCUT2D eigenvalue weighted by Crippen LogP contribution is -2.14. The van der Waals surface area contributed by atoms with Crippen molar-refractivity contribution in [3.05, 3.63) is 57.8 Å². The molecule has 1 aromatic heterocycles. The van der Waals surface area contributed by atoms with Crippen LogP contribution in [0.15, 0.2) is 36.7 Å². The van der Waals surface area contributed by atoms with Gasteiger partial charge in [-0.3, -0.25) is 9.78 Å². The van der Waals surface area contributed by atoms with Crippen molar-refractivity contribution in [2.75, 3.05) is 5.32 Å². The van der Waals surface area contributed by atoms with Gasteiger partial charge in [0.15, 0.2) is 0 Å². The number of hydrogen-bond donors (Lipinski definition) is 1. The van der Waals surface area contributed by atoms with Crippen LogP contribution in [0.4, 0.5) is 18.9 Å². The first-order valence-corrected chi connectivity index (χ1v) is 6.32. The van der Waals surface area contributed by atoms with E-state index in [2.05, 4.69) is 10.3 Å². The molecule has 0 radical (unpaired) electrons. The number of rotatable bonds is 2. The monoisotopic (exact) mass is 334 g/mol. The molecule has 0 saturated carbocycles. The Kier molecular flexibility index (Phi) is 4.39. The summed E-state index contributed by atoms with van der Waals surface area (Å²) in [6.45, 7) is 0. The zero-order valence-electron chi connectivity index (χ0n) is 10.2. The summed E-state index contributed by atoms with van der Waals surface area (Å²) in [4.78, 5) is 15.7. The lowest BCUT2D eigenvalue weighted by molar-refractivity contribution is -0.137. The molecular formula is C13H7Cl2F3N2O. The minimum Gasteiger partial charge on any atom is -0.321 e. The van der Waals surface area contributed by atoms with Gasteiger partial charge in [0, 0.05) is 12.4 Å². The molecule has 3 nitrogen and oxygen atoms in total. The number of halogens is 5. The fourth-order valence-corrected chi connectivity index (χ4v) is 1.92. The standard InChI is InChI=1S/C13H7Cl2F3N2O/c14-9-2-1-7(13(16,17)18)5-11(9)20-12(21)8-3-4-19-6-10(8)15/h1-6H,(H,20,21). The second-order valence-electron chi connectivity index (χ2n) is 4.00. The van der Waals surface area contributed by atoms with Gasteiger partial charge in [0.2, 0.25) is 0 Å². The molecule has 1 aromatic carbocycles. The van der Waals surface area contributed by atoms with Crippen molar-refractivity contribution in [1.82, 2.24) is 4.98 Å². The van der Waals surface area contributed by atoms with E-state index in [4.69, 9.17) is 23.2 Å². The minimum absolute atomic E-state index is 0.0125. The van der Waals surface area contributed by atoms with Crippen molar-refractivity contribution in [3.8, 4) is 0 Å². The second kappa shape index (κ2) is 5.91. The van der Waals surface area contributed by atoms with Crippen LogP contribution in [0.25, 0.3) is 0 Å².